The molecule has 0 aliphatic heterocycles. The van der Waals surface area contributed by atoms with Gasteiger partial charge in [0.05, 0.1) is 6.61 Å². The maximum Gasteiger partial charge on any atom is 0.188 e. The molecule has 0 aromatic heterocycles. The molecule has 0 aliphatic rings. The van der Waals surface area contributed by atoms with Crippen LogP contribution in [0.1, 0.15) is 33.6 Å². The van der Waals surface area contributed by atoms with Gasteiger partial charge in [-0.05, 0) is 39.4 Å². The van der Waals surface area contributed by atoms with Crippen LogP contribution in [0.3, 0.4) is 0 Å². The third kappa shape index (κ3) is 9.24. The summed E-state index contributed by atoms with van der Waals surface area (Å²) in [5.41, 5.74) is 5.77. The molecule has 0 spiro atoms. The first-order chi connectivity index (χ1) is 8.63. The monoisotopic (exact) mass is 258 g/mol. The number of aliphatic imine (C=N–C) groups is 1. The summed E-state index contributed by atoms with van der Waals surface area (Å²) in [5.74, 6) is 0.516. The minimum absolute atomic E-state index is 0.203. The molecule has 0 saturated heterocycles. The van der Waals surface area contributed by atoms with Crippen LogP contribution in [-0.2, 0) is 4.74 Å². The highest BCUT2D eigenvalue weighted by molar-refractivity contribution is 5.78. The van der Waals surface area contributed by atoms with Crippen LogP contribution in [0.25, 0.3) is 0 Å². The van der Waals surface area contributed by atoms with Gasteiger partial charge in [-0.15, -0.1) is 0 Å². The molecule has 0 aliphatic carbocycles. The fraction of sp³-hybridized carbons (Fsp3) is 0.923. The Bertz CT molecular complexity index is 217. The molecule has 18 heavy (non-hydrogen) atoms. The molecule has 0 aromatic carbocycles. The topological polar surface area (TPSA) is 62.9 Å². The third-order valence-electron chi connectivity index (χ3n) is 2.87. The summed E-state index contributed by atoms with van der Waals surface area (Å²) in [7, 11) is 1.68. The van der Waals surface area contributed by atoms with Crippen molar-refractivity contribution in [2.75, 3.05) is 39.9 Å². The summed E-state index contributed by atoms with van der Waals surface area (Å²) in [4.78, 5) is 6.73. The molecule has 0 radical (unpaired) electrons. The Morgan fingerprint density at radius 2 is 2.00 bits per heavy atom. The van der Waals surface area contributed by atoms with Crippen molar-refractivity contribution in [3.05, 3.63) is 0 Å². The maximum atomic E-state index is 5.77. The summed E-state index contributed by atoms with van der Waals surface area (Å²) >= 11 is 0. The Kier molecular flexibility index (Phi) is 10.8. The predicted molar refractivity (Wildman–Crippen MR) is 78.0 cm³/mol. The van der Waals surface area contributed by atoms with Crippen molar-refractivity contribution in [3.8, 4) is 0 Å². The number of nitrogens with one attached hydrogen (secondary N) is 1. The van der Waals surface area contributed by atoms with Crippen molar-refractivity contribution in [1.29, 1.82) is 0 Å². The van der Waals surface area contributed by atoms with E-state index in [1.807, 2.05) is 6.92 Å². The lowest BCUT2D eigenvalue weighted by atomic mass is 10.3. The Morgan fingerprint density at radius 1 is 1.33 bits per heavy atom. The van der Waals surface area contributed by atoms with Gasteiger partial charge in [0, 0.05) is 19.7 Å². The van der Waals surface area contributed by atoms with E-state index in [1.54, 1.807) is 7.11 Å². The van der Waals surface area contributed by atoms with Crippen LogP contribution in [0.15, 0.2) is 4.99 Å². The number of unbranched alkanes of at least 4 members (excludes halogenated alkanes) is 1. The second-order valence-electron chi connectivity index (χ2n) is 4.50. The summed E-state index contributed by atoms with van der Waals surface area (Å²) in [6, 6.07) is 0.203. The molecule has 0 rings (SSSR count). The van der Waals surface area contributed by atoms with Gasteiger partial charge in [-0.2, -0.15) is 0 Å². The largest absolute Gasteiger partial charge is 0.383 e. The first-order valence-electron chi connectivity index (χ1n) is 6.91. The van der Waals surface area contributed by atoms with Crippen LogP contribution in [0.5, 0.6) is 0 Å². The van der Waals surface area contributed by atoms with Gasteiger partial charge in [-0.25, -0.2) is 0 Å². The van der Waals surface area contributed by atoms with Gasteiger partial charge >= 0.3 is 0 Å². The zero-order valence-electron chi connectivity index (χ0n) is 12.4. The average Bonchev–Trinajstić information content (AvgIpc) is 2.34. The van der Waals surface area contributed by atoms with Crippen LogP contribution in [0, 0.1) is 0 Å². The molecule has 0 amide bonds. The van der Waals surface area contributed by atoms with Gasteiger partial charge in [0.25, 0.3) is 0 Å². The van der Waals surface area contributed by atoms with Crippen molar-refractivity contribution in [3.63, 3.8) is 0 Å². The van der Waals surface area contributed by atoms with E-state index < -0.39 is 0 Å². The normalized spacial score (nSPS) is 13.9. The molecule has 5 heteroatoms. The highest BCUT2D eigenvalue weighted by Gasteiger charge is 2.01. The molecule has 0 aromatic rings. The van der Waals surface area contributed by atoms with E-state index >= 15 is 0 Å². The Balaban J connectivity index is 3.62. The molecule has 108 valence electrons. The number of nitrogens with zero attached hydrogens (tertiary/aromatic N) is 2. The number of rotatable bonds is 10. The van der Waals surface area contributed by atoms with Gasteiger partial charge in [-0.3, -0.25) is 4.99 Å². The number of nitrogens with two attached hydrogens (primary N) is 1. The fourth-order valence-corrected chi connectivity index (χ4v) is 1.78. The number of hydrogen-bond donors (Lipinski definition) is 2. The minimum Gasteiger partial charge on any atom is -0.383 e. The van der Waals surface area contributed by atoms with Crippen molar-refractivity contribution in [2.24, 2.45) is 10.7 Å². The predicted octanol–water partition coefficient (Wildman–Crippen LogP) is 1.05. The SMILES string of the molecule is CCN(CC)CCCCN=C(N)NC(C)COC. The lowest BCUT2D eigenvalue weighted by Crippen LogP contribution is -2.40. The van der Waals surface area contributed by atoms with E-state index in [1.165, 1.54) is 6.42 Å². The zero-order valence-corrected chi connectivity index (χ0v) is 12.4. The lowest BCUT2D eigenvalue weighted by molar-refractivity contribution is 0.179. The van der Waals surface area contributed by atoms with E-state index in [2.05, 4.69) is 29.1 Å². The van der Waals surface area contributed by atoms with Crippen LogP contribution < -0.4 is 11.1 Å². The summed E-state index contributed by atoms with van der Waals surface area (Å²) in [6.45, 7) is 11.2. The molecule has 0 fully saturated rings. The number of methoxy groups -OCH3 is 1. The van der Waals surface area contributed by atoms with Crippen molar-refractivity contribution < 1.29 is 4.74 Å². The van der Waals surface area contributed by atoms with E-state index in [0.717, 1.165) is 32.6 Å². The standard InChI is InChI=1S/C13H30N4O/c1-5-17(6-2)10-8-7-9-15-13(14)16-12(3)11-18-4/h12H,5-11H2,1-4H3,(H3,14,15,16). The number of ether oxygens (including phenoxy) is 1. The molecule has 0 bridgehead atoms. The second-order valence-corrected chi connectivity index (χ2v) is 4.50. The van der Waals surface area contributed by atoms with Crippen LogP contribution >= 0.6 is 0 Å². The van der Waals surface area contributed by atoms with E-state index in [4.69, 9.17) is 10.5 Å². The van der Waals surface area contributed by atoms with Gasteiger partial charge in [-0.1, -0.05) is 13.8 Å². The maximum absolute atomic E-state index is 5.77. The van der Waals surface area contributed by atoms with Gasteiger partial charge < -0.3 is 20.7 Å². The molecule has 3 N–H and O–H groups in total. The van der Waals surface area contributed by atoms with E-state index in [9.17, 15) is 0 Å². The van der Waals surface area contributed by atoms with Crippen molar-refractivity contribution in [2.45, 2.75) is 39.7 Å². The minimum atomic E-state index is 0.203. The summed E-state index contributed by atoms with van der Waals surface area (Å²) in [5, 5.41) is 3.10. The Labute approximate surface area is 112 Å². The average molecular weight is 258 g/mol. The Morgan fingerprint density at radius 3 is 2.56 bits per heavy atom. The quantitative estimate of drug-likeness (QED) is 0.349. The molecule has 1 atom stereocenters. The molecule has 1 unspecified atom stereocenters. The van der Waals surface area contributed by atoms with Crippen molar-refractivity contribution in [1.82, 2.24) is 10.2 Å². The molecular formula is C13H30N4O. The molecular weight excluding hydrogens is 228 g/mol. The molecule has 5 nitrogen and oxygen atoms in total. The van der Waals surface area contributed by atoms with Crippen LogP contribution in [-0.4, -0.2) is 56.8 Å². The second kappa shape index (κ2) is 11.3. The lowest BCUT2D eigenvalue weighted by Gasteiger charge is -2.17. The van der Waals surface area contributed by atoms with E-state index in [-0.39, 0.29) is 6.04 Å². The number of hydrogen-bond acceptors (Lipinski definition) is 3. The van der Waals surface area contributed by atoms with Crippen LogP contribution in [0.2, 0.25) is 0 Å². The zero-order chi connectivity index (χ0) is 13.8. The van der Waals surface area contributed by atoms with Crippen LogP contribution in [0.4, 0.5) is 0 Å². The van der Waals surface area contributed by atoms with E-state index in [0.29, 0.717) is 12.6 Å². The highest BCUT2D eigenvalue weighted by atomic mass is 16.5. The first-order valence-corrected chi connectivity index (χ1v) is 6.91. The van der Waals surface area contributed by atoms with Gasteiger partial charge in [0.2, 0.25) is 0 Å². The van der Waals surface area contributed by atoms with Crippen molar-refractivity contribution >= 4 is 5.96 Å². The molecule has 0 heterocycles. The summed E-state index contributed by atoms with van der Waals surface area (Å²) in [6.07, 6.45) is 2.25. The Hall–Kier alpha value is -0.810. The third-order valence-corrected chi connectivity index (χ3v) is 2.87. The smallest absolute Gasteiger partial charge is 0.188 e. The van der Waals surface area contributed by atoms with Gasteiger partial charge in [0.1, 0.15) is 0 Å². The van der Waals surface area contributed by atoms with Gasteiger partial charge in [0.15, 0.2) is 5.96 Å². The fourth-order valence-electron chi connectivity index (χ4n) is 1.78. The highest BCUT2D eigenvalue weighted by Crippen LogP contribution is 1.95. The molecule has 0 saturated carbocycles. The summed E-state index contributed by atoms with van der Waals surface area (Å²) < 4.78 is 5.02. The number of guanidine groups is 1. The first kappa shape index (κ1) is 17.2.